The van der Waals surface area contributed by atoms with Crippen molar-refractivity contribution >= 4 is 35.0 Å². The van der Waals surface area contributed by atoms with Crippen molar-refractivity contribution in [3.05, 3.63) is 108 Å². The molecule has 0 fully saturated rings. The Labute approximate surface area is 227 Å². The van der Waals surface area contributed by atoms with Gasteiger partial charge < -0.3 is 13.9 Å². The second-order valence-corrected chi connectivity index (χ2v) is 10.5. The van der Waals surface area contributed by atoms with Crippen molar-refractivity contribution in [3.63, 3.8) is 0 Å². The van der Waals surface area contributed by atoms with Gasteiger partial charge in [0.25, 0.3) is 5.56 Å². The molecule has 2 aromatic carbocycles. The van der Waals surface area contributed by atoms with E-state index in [-0.39, 0.29) is 11.7 Å². The Morgan fingerprint density at radius 3 is 2.61 bits per heavy atom. The number of furan rings is 1. The van der Waals surface area contributed by atoms with Crippen LogP contribution in [-0.4, -0.2) is 23.8 Å². The summed E-state index contributed by atoms with van der Waals surface area (Å²) in [4.78, 5) is 32.1. The fourth-order valence-corrected chi connectivity index (χ4v) is 5.54. The van der Waals surface area contributed by atoms with E-state index in [4.69, 9.17) is 25.5 Å². The SMILES string of the molecule is COc1ccc([C@H]2C(C(=O)OC(C)C)=C(C)N=c3s/c(=C/c4ccc(-c5cccc(Cl)c5)o4)c(=O)n32)cc1. The standard InChI is InChI=1S/C29H25ClN2O5S/c1-16(2)36-28(34)25-17(3)31-29-32(26(25)18-8-10-21(35-4)11-9-18)27(33)24(38-29)15-22-12-13-23(37-22)19-6-5-7-20(30)14-19/h5-16,26H,1-4H3/b24-15+/t26-/m0/s1. The van der Waals surface area contributed by atoms with Gasteiger partial charge in [-0.05, 0) is 62.7 Å². The first-order valence-electron chi connectivity index (χ1n) is 12.0. The molecule has 1 aliphatic heterocycles. The Hall–Kier alpha value is -3.88. The van der Waals surface area contributed by atoms with Crippen LogP contribution in [0.1, 0.15) is 38.1 Å². The Morgan fingerprint density at radius 1 is 1.16 bits per heavy atom. The first kappa shape index (κ1) is 25.8. The monoisotopic (exact) mass is 548 g/mol. The number of benzene rings is 2. The van der Waals surface area contributed by atoms with Crippen molar-refractivity contribution in [3.8, 4) is 17.1 Å². The topological polar surface area (TPSA) is 83.0 Å². The third-order valence-corrected chi connectivity index (χ3v) is 7.24. The Balaban J connectivity index is 1.63. The molecule has 3 heterocycles. The van der Waals surface area contributed by atoms with E-state index in [1.54, 1.807) is 62.8 Å². The van der Waals surface area contributed by atoms with Gasteiger partial charge in [0, 0.05) is 16.7 Å². The first-order valence-corrected chi connectivity index (χ1v) is 13.2. The number of fused-ring (bicyclic) bond motifs is 1. The number of aromatic nitrogens is 1. The minimum atomic E-state index is -0.704. The van der Waals surface area contributed by atoms with Crippen LogP contribution in [0.5, 0.6) is 5.75 Å². The lowest BCUT2D eigenvalue weighted by Crippen LogP contribution is -2.40. The highest BCUT2D eigenvalue weighted by atomic mass is 35.5. The molecule has 0 bridgehead atoms. The van der Waals surface area contributed by atoms with Crippen LogP contribution in [0, 0.1) is 0 Å². The zero-order valence-electron chi connectivity index (χ0n) is 21.2. The van der Waals surface area contributed by atoms with E-state index < -0.39 is 12.0 Å². The third kappa shape index (κ3) is 4.97. The van der Waals surface area contributed by atoms with Gasteiger partial charge in [-0.1, -0.05) is 47.2 Å². The maximum absolute atomic E-state index is 13.8. The molecule has 0 amide bonds. The molecular formula is C29H25ClN2O5S. The van der Waals surface area contributed by atoms with E-state index in [0.717, 1.165) is 11.1 Å². The van der Waals surface area contributed by atoms with Crippen LogP contribution in [0.4, 0.5) is 0 Å². The quantitative estimate of drug-likeness (QED) is 0.313. The summed E-state index contributed by atoms with van der Waals surface area (Å²) in [5.41, 5.74) is 2.12. The van der Waals surface area contributed by atoms with E-state index >= 15 is 0 Å². The van der Waals surface area contributed by atoms with Gasteiger partial charge in [-0.25, -0.2) is 9.79 Å². The Bertz CT molecular complexity index is 1730. The molecule has 38 heavy (non-hydrogen) atoms. The molecule has 0 unspecified atom stereocenters. The summed E-state index contributed by atoms with van der Waals surface area (Å²) in [5, 5.41) is 0.606. The number of esters is 1. The van der Waals surface area contributed by atoms with Gasteiger partial charge in [0.1, 0.15) is 17.3 Å². The van der Waals surface area contributed by atoms with Gasteiger partial charge >= 0.3 is 5.97 Å². The fraction of sp³-hybridized carbons (Fsp3) is 0.207. The highest BCUT2D eigenvalue weighted by Gasteiger charge is 2.33. The van der Waals surface area contributed by atoms with Crippen molar-refractivity contribution in [1.82, 2.24) is 4.57 Å². The number of ether oxygens (including phenoxy) is 2. The maximum atomic E-state index is 13.8. The molecule has 5 rings (SSSR count). The van der Waals surface area contributed by atoms with Crippen LogP contribution in [0.2, 0.25) is 5.02 Å². The molecule has 0 saturated heterocycles. The minimum absolute atomic E-state index is 0.280. The van der Waals surface area contributed by atoms with E-state index in [9.17, 15) is 9.59 Å². The van der Waals surface area contributed by atoms with Gasteiger partial charge in [0.05, 0.1) is 35.1 Å². The average molecular weight is 549 g/mol. The van der Waals surface area contributed by atoms with Crippen LogP contribution >= 0.6 is 22.9 Å². The maximum Gasteiger partial charge on any atom is 0.338 e. The summed E-state index contributed by atoms with van der Waals surface area (Å²) >= 11 is 7.36. The zero-order chi connectivity index (χ0) is 27.0. The van der Waals surface area contributed by atoms with Gasteiger partial charge in [-0.3, -0.25) is 9.36 Å². The van der Waals surface area contributed by atoms with E-state index in [1.165, 1.54) is 11.3 Å². The molecule has 0 aliphatic carbocycles. The second-order valence-electron chi connectivity index (χ2n) is 9.02. The number of allylic oxidation sites excluding steroid dienone is 1. The largest absolute Gasteiger partial charge is 0.497 e. The number of rotatable bonds is 6. The van der Waals surface area contributed by atoms with Crippen molar-refractivity contribution < 1.29 is 18.7 Å². The Kier molecular flexibility index (Phi) is 7.10. The zero-order valence-corrected chi connectivity index (χ0v) is 22.8. The van der Waals surface area contributed by atoms with Crippen LogP contribution in [-0.2, 0) is 9.53 Å². The number of thiazole rings is 1. The van der Waals surface area contributed by atoms with Gasteiger partial charge in [0.15, 0.2) is 4.80 Å². The lowest BCUT2D eigenvalue weighted by Gasteiger charge is -2.25. The number of nitrogens with zero attached hydrogens (tertiary/aromatic N) is 2. The first-order chi connectivity index (χ1) is 18.2. The van der Waals surface area contributed by atoms with Crippen molar-refractivity contribution in [2.24, 2.45) is 4.99 Å². The summed E-state index contributed by atoms with van der Waals surface area (Å²) in [5.74, 6) is 1.31. The summed E-state index contributed by atoms with van der Waals surface area (Å²) in [6, 6.07) is 17.6. The number of hydrogen-bond donors (Lipinski definition) is 0. The molecule has 4 aromatic rings. The third-order valence-electron chi connectivity index (χ3n) is 6.03. The van der Waals surface area contributed by atoms with E-state index in [2.05, 4.69) is 4.99 Å². The molecule has 0 saturated carbocycles. The molecule has 194 valence electrons. The fourth-order valence-electron chi connectivity index (χ4n) is 4.32. The molecular weight excluding hydrogens is 524 g/mol. The average Bonchev–Trinajstić information content (AvgIpc) is 3.47. The number of halogens is 1. The summed E-state index contributed by atoms with van der Waals surface area (Å²) in [6.45, 7) is 5.33. The van der Waals surface area contributed by atoms with Crippen LogP contribution in [0.25, 0.3) is 17.4 Å². The number of carbonyl (C=O) groups excluding carboxylic acids is 1. The van der Waals surface area contributed by atoms with Crippen molar-refractivity contribution in [2.75, 3.05) is 7.11 Å². The smallest absolute Gasteiger partial charge is 0.338 e. The summed E-state index contributed by atoms with van der Waals surface area (Å²) in [6.07, 6.45) is 1.37. The Morgan fingerprint density at radius 2 is 1.92 bits per heavy atom. The van der Waals surface area contributed by atoms with Crippen LogP contribution in [0.3, 0.4) is 0 Å². The number of carbonyl (C=O) groups is 1. The molecule has 0 spiro atoms. The van der Waals surface area contributed by atoms with Crippen molar-refractivity contribution in [1.29, 1.82) is 0 Å². The highest BCUT2D eigenvalue weighted by molar-refractivity contribution is 7.07. The normalized spacial score (nSPS) is 15.4. The lowest BCUT2D eigenvalue weighted by atomic mass is 9.96. The summed E-state index contributed by atoms with van der Waals surface area (Å²) in [7, 11) is 1.58. The molecule has 7 nitrogen and oxygen atoms in total. The number of methoxy groups -OCH3 is 1. The molecule has 1 atom stereocenters. The predicted molar refractivity (Wildman–Crippen MR) is 147 cm³/mol. The highest BCUT2D eigenvalue weighted by Crippen LogP contribution is 2.32. The van der Waals surface area contributed by atoms with Gasteiger partial charge in [0.2, 0.25) is 0 Å². The van der Waals surface area contributed by atoms with Crippen LogP contribution < -0.4 is 19.6 Å². The van der Waals surface area contributed by atoms with E-state index in [1.807, 2.05) is 36.4 Å². The lowest BCUT2D eigenvalue weighted by molar-refractivity contribution is -0.143. The van der Waals surface area contributed by atoms with Gasteiger partial charge in [-0.15, -0.1) is 0 Å². The molecule has 0 radical (unpaired) electrons. The summed E-state index contributed by atoms with van der Waals surface area (Å²) < 4.78 is 18.8. The predicted octanol–water partition coefficient (Wildman–Crippen LogP) is 5.11. The molecule has 0 N–H and O–H groups in total. The van der Waals surface area contributed by atoms with Gasteiger partial charge in [-0.2, -0.15) is 0 Å². The number of hydrogen-bond acceptors (Lipinski definition) is 7. The second kappa shape index (κ2) is 10.5. The van der Waals surface area contributed by atoms with E-state index in [0.29, 0.717) is 42.9 Å². The molecule has 1 aliphatic rings. The minimum Gasteiger partial charge on any atom is -0.497 e. The molecule has 9 heteroatoms. The van der Waals surface area contributed by atoms with Crippen LogP contribution in [0.15, 0.2) is 86.1 Å². The van der Waals surface area contributed by atoms with Crippen molar-refractivity contribution in [2.45, 2.75) is 32.9 Å². The molecule has 2 aromatic heterocycles.